The number of aliphatic hydroxyl groups excluding tert-OH is 1. The molecule has 2 atom stereocenters. The molecule has 0 saturated heterocycles. The molecule has 2 nitrogen and oxygen atoms in total. The van der Waals surface area contributed by atoms with Crippen LogP contribution in [0.25, 0.3) is 0 Å². The number of benzene rings is 2. The van der Waals surface area contributed by atoms with Crippen LogP contribution in [0.5, 0.6) is 5.75 Å². The van der Waals surface area contributed by atoms with Gasteiger partial charge in [0.05, 0.1) is 6.10 Å². The maximum absolute atomic E-state index is 13.3. The third kappa shape index (κ3) is 2.43. The Bertz CT molecular complexity index is 660. The first-order chi connectivity index (χ1) is 9.54. The molecule has 0 fully saturated rings. The largest absolute Gasteiger partial charge is 0.485 e. The molecule has 3 rings (SSSR count). The monoisotopic (exact) mass is 340 g/mol. The predicted octanol–water partition coefficient (Wildman–Crippen LogP) is 4.28. The van der Waals surface area contributed by atoms with E-state index >= 15 is 0 Å². The van der Waals surface area contributed by atoms with E-state index in [0.29, 0.717) is 22.2 Å². The summed E-state index contributed by atoms with van der Waals surface area (Å²) in [5.41, 5.74) is 1.29. The number of rotatable bonds is 1. The van der Waals surface area contributed by atoms with Gasteiger partial charge in [-0.25, -0.2) is 8.78 Å². The second kappa shape index (κ2) is 5.14. The Balaban J connectivity index is 1.98. The molecule has 20 heavy (non-hydrogen) atoms. The van der Waals surface area contributed by atoms with Gasteiger partial charge in [-0.3, -0.25) is 0 Å². The van der Waals surface area contributed by atoms with Crippen molar-refractivity contribution in [2.45, 2.75) is 18.6 Å². The van der Waals surface area contributed by atoms with Gasteiger partial charge >= 0.3 is 0 Å². The molecule has 0 amide bonds. The van der Waals surface area contributed by atoms with E-state index in [2.05, 4.69) is 15.9 Å². The highest BCUT2D eigenvalue weighted by molar-refractivity contribution is 9.10. The number of halogens is 3. The fraction of sp³-hybridized carbons (Fsp3) is 0.200. The number of ether oxygens (including phenoxy) is 1. The van der Waals surface area contributed by atoms with Crippen LogP contribution >= 0.6 is 15.9 Å². The van der Waals surface area contributed by atoms with Crippen molar-refractivity contribution in [1.29, 1.82) is 0 Å². The lowest BCUT2D eigenvalue weighted by Gasteiger charge is -2.30. The van der Waals surface area contributed by atoms with E-state index in [0.717, 1.165) is 5.56 Å². The first-order valence-corrected chi connectivity index (χ1v) is 6.93. The SMILES string of the molecule is O[C@H]1CC(c2ccc(F)cc2Br)Oc2cc(F)ccc21. The standard InChI is InChI=1S/C15H11BrF2O2/c16-12-5-8(17)1-3-10(12)15-7-13(19)11-4-2-9(18)6-14(11)20-15/h1-6,13,15,19H,7H2/t13-,15?/m0/s1. The number of fused-ring (bicyclic) bond motifs is 1. The fourth-order valence-electron chi connectivity index (χ4n) is 2.37. The van der Waals surface area contributed by atoms with Crippen LogP contribution in [-0.2, 0) is 0 Å². The van der Waals surface area contributed by atoms with Gasteiger partial charge in [-0.2, -0.15) is 0 Å². The van der Waals surface area contributed by atoms with Gasteiger partial charge in [0.25, 0.3) is 0 Å². The molecule has 104 valence electrons. The van der Waals surface area contributed by atoms with Gasteiger partial charge in [0.1, 0.15) is 23.5 Å². The second-order valence-electron chi connectivity index (χ2n) is 4.71. The van der Waals surface area contributed by atoms with Gasteiger partial charge in [0.15, 0.2) is 0 Å². The summed E-state index contributed by atoms with van der Waals surface area (Å²) in [6.07, 6.45) is -0.848. The Labute approximate surface area is 123 Å². The van der Waals surface area contributed by atoms with E-state index in [1.807, 2.05) is 0 Å². The zero-order chi connectivity index (χ0) is 14.3. The van der Waals surface area contributed by atoms with Crippen LogP contribution in [0.4, 0.5) is 8.78 Å². The molecular formula is C15H11BrF2O2. The lowest BCUT2D eigenvalue weighted by molar-refractivity contribution is 0.0650. The van der Waals surface area contributed by atoms with E-state index in [1.165, 1.54) is 30.3 Å². The smallest absolute Gasteiger partial charge is 0.128 e. The molecule has 1 aliphatic rings. The summed E-state index contributed by atoms with van der Waals surface area (Å²) in [7, 11) is 0. The van der Waals surface area contributed by atoms with Crippen LogP contribution in [0.2, 0.25) is 0 Å². The van der Waals surface area contributed by atoms with Crippen molar-refractivity contribution < 1.29 is 18.6 Å². The molecule has 0 saturated carbocycles. The lowest BCUT2D eigenvalue weighted by Crippen LogP contribution is -2.19. The molecule has 0 aromatic heterocycles. The van der Waals surface area contributed by atoms with E-state index in [1.54, 1.807) is 6.07 Å². The predicted molar refractivity (Wildman–Crippen MR) is 73.4 cm³/mol. The zero-order valence-electron chi connectivity index (χ0n) is 10.3. The van der Waals surface area contributed by atoms with E-state index in [9.17, 15) is 13.9 Å². The van der Waals surface area contributed by atoms with Gasteiger partial charge in [-0.05, 0) is 24.3 Å². The van der Waals surface area contributed by atoms with E-state index in [-0.39, 0.29) is 5.82 Å². The third-order valence-corrected chi connectivity index (χ3v) is 4.04. The summed E-state index contributed by atoms with van der Waals surface area (Å²) >= 11 is 3.28. The van der Waals surface area contributed by atoms with Gasteiger partial charge < -0.3 is 9.84 Å². The second-order valence-corrected chi connectivity index (χ2v) is 5.56. The normalized spacial score (nSPS) is 21.2. The minimum absolute atomic E-state index is 0.324. The highest BCUT2D eigenvalue weighted by atomic mass is 79.9. The van der Waals surface area contributed by atoms with Crippen molar-refractivity contribution in [3.8, 4) is 5.75 Å². The van der Waals surface area contributed by atoms with Crippen molar-refractivity contribution in [2.75, 3.05) is 0 Å². The Kier molecular flexibility index (Phi) is 3.48. The van der Waals surface area contributed by atoms with Crippen LogP contribution in [0, 0.1) is 11.6 Å². The first-order valence-electron chi connectivity index (χ1n) is 6.13. The average Bonchev–Trinajstić information content (AvgIpc) is 2.37. The summed E-state index contributed by atoms with van der Waals surface area (Å²) in [6, 6.07) is 8.33. The van der Waals surface area contributed by atoms with E-state index in [4.69, 9.17) is 4.74 Å². The summed E-state index contributed by atoms with van der Waals surface area (Å²) < 4.78 is 32.7. The minimum atomic E-state index is -0.735. The molecule has 1 aliphatic heterocycles. The summed E-state index contributed by atoms with van der Waals surface area (Å²) in [5, 5.41) is 10.1. The summed E-state index contributed by atoms with van der Waals surface area (Å²) in [6.45, 7) is 0. The molecule has 1 unspecified atom stereocenters. The van der Waals surface area contributed by atoms with Gasteiger partial charge in [0.2, 0.25) is 0 Å². The minimum Gasteiger partial charge on any atom is -0.485 e. The third-order valence-electron chi connectivity index (χ3n) is 3.35. The lowest BCUT2D eigenvalue weighted by atomic mass is 9.95. The Hall–Kier alpha value is -1.46. The molecule has 2 aromatic carbocycles. The molecule has 1 N–H and O–H groups in total. The molecule has 5 heteroatoms. The quantitative estimate of drug-likeness (QED) is 0.839. The molecule has 2 aromatic rings. The molecule has 0 bridgehead atoms. The Morgan fingerprint density at radius 1 is 1.05 bits per heavy atom. The van der Waals surface area contributed by atoms with Gasteiger partial charge in [-0.1, -0.05) is 22.0 Å². The first kappa shape index (κ1) is 13.5. The molecule has 0 radical (unpaired) electrons. The highest BCUT2D eigenvalue weighted by Crippen LogP contribution is 2.42. The maximum atomic E-state index is 13.3. The van der Waals surface area contributed by atoms with Crippen LogP contribution in [-0.4, -0.2) is 5.11 Å². The van der Waals surface area contributed by atoms with Crippen LogP contribution in [0.1, 0.15) is 29.8 Å². The van der Waals surface area contributed by atoms with Crippen molar-refractivity contribution in [3.63, 3.8) is 0 Å². The van der Waals surface area contributed by atoms with Crippen molar-refractivity contribution in [2.24, 2.45) is 0 Å². The average molecular weight is 341 g/mol. The maximum Gasteiger partial charge on any atom is 0.128 e. The fourth-order valence-corrected chi connectivity index (χ4v) is 2.98. The Morgan fingerprint density at radius 2 is 1.70 bits per heavy atom. The van der Waals surface area contributed by atoms with Crippen LogP contribution in [0.3, 0.4) is 0 Å². The summed E-state index contributed by atoms with van der Waals surface area (Å²) in [4.78, 5) is 0. The zero-order valence-corrected chi connectivity index (χ0v) is 11.9. The molecule has 0 aliphatic carbocycles. The highest BCUT2D eigenvalue weighted by Gasteiger charge is 2.29. The van der Waals surface area contributed by atoms with Crippen molar-refractivity contribution in [3.05, 3.63) is 63.6 Å². The number of hydrogen-bond donors (Lipinski definition) is 1. The number of aliphatic hydroxyl groups is 1. The topological polar surface area (TPSA) is 29.5 Å². The Morgan fingerprint density at radius 3 is 2.40 bits per heavy atom. The van der Waals surface area contributed by atoms with Crippen LogP contribution < -0.4 is 4.74 Å². The van der Waals surface area contributed by atoms with Crippen molar-refractivity contribution >= 4 is 15.9 Å². The van der Waals surface area contributed by atoms with Crippen molar-refractivity contribution in [1.82, 2.24) is 0 Å². The molecular weight excluding hydrogens is 330 g/mol. The van der Waals surface area contributed by atoms with E-state index < -0.39 is 18.0 Å². The van der Waals surface area contributed by atoms with Gasteiger partial charge in [-0.15, -0.1) is 0 Å². The molecule has 1 heterocycles. The number of hydrogen-bond acceptors (Lipinski definition) is 2. The van der Waals surface area contributed by atoms with Crippen LogP contribution in [0.15, 0.2) is 40.9 Å². The van der Waals surface area contributed by atoms with Gasteiger partial charge in [0, 0.05) is 28.1 Å². The summed E-state index contributed by atoms with van der Waals surface area (Å²) in [5.74, 6) is -0.455. The molecule has 0 spiro atoms.